The highest BCUT2D eigenvalue weighted by atomic mass is 16.3. The Labute approximate surface area is 399 Å². The van der Waals surface area contributed by atoms with Crippen molar-refractivity contribution in [2.75, 3.05) is 4.90 Å². The van der Waals surface area contributed by atoms with Crippen molar-refractivity contribution in [1.82, 2.24) is 0 Å². The van der Waals surface area contributed by atoms with Crippen LogP contribution in [-0.2, 0) is 5.41 Å². The van der Waals surface area contributed by atoms with Gasteiger partial charge in [0.25, 0.3) is 0 Å². The summed E-state index contributed by atoms with van der Waals surface area (Å²) in [5, 5.41) is 9.54. The van der Waals surface area contributed by atoms with E-state index in [4.69, 9.17) is 4.42 Å². The van der Waals surface area contributed by atoms with Crippen LogP contribution in [-0.4, -0.2) is 0 Å². The van der Waals surface area contributed by atoms with Gasteiger partial charge in [-0.3, -0.25) is 0 Å². The molecule has 2 heteroatoms. The average Bonchev–Trinajstić information content (AvgIpc) is 4.06. The van der Waals surface area contributed by atoms with Gasteiger partial charge in [-0.2, -0.15) is 0 Å². The van der Waals surface area contributed by atoms with Gasteiger partial charge >= 0.3 is 0 Å². The molecular formula is C67H41NO. The molecule has 0 N–H and O–H groups in total. The molecule has 0 aliphatic heterocycles. The van der Waals surface area contributed by atoms with Crippen molar-refractivity contribution in [2.24, 2.45) is 0 Å². The molecule has 2 aliphatic rings. The van der Waals surface area contributed by atoms with Crippen LogP contribution in [0, 0.1) is 0 Å². The lowest BCUT2D eigenvalue weighted by molar-refractivity contribution is 0.674. The largest absolute Gasteiger partial charge is 0.455 e. The summed E-state index contributed by atoms with van der Waals surface area (Å²) in [6.07, 6.45) is 0. The van der Waals surface area contributed by atoms with Crippen LogP contribution in [0.25, 0.3) is 98.8 Å². The Kier molecular flexibility index (Phi) is 8.02. The van der Waals surface area contributed by atoms with E-state index in [0.717, 1.165) is 55.5 Å². The Morgan fingerprint density at radius 1 is 0.290 bits per heavy atom. The number of nitrogens with zero attached hydrogens (tertiary/aromatic N) is 1. The van der Waals surface area contributed by atoms with Crippen LogP contribution >= 0.6 is 0 Å². The molecule has 1 spiro atoms. The van der Waals surface area contributed by atoms with Gasteiger partial charge in [0, 0.05) is 38.5 Å². The molecule has 0 atom stereocenters. The molecule has 0 unspecified atom stereocenters. The summed E-state index contributed by atoms with van der Waals surface area (Å²) in [6.45, 7) is 0. The van der Waals surface area contributed by atoms with E-state index in [1.165, 1.54) is 82.6 Å². The Morgan fingerprint density at radius 2 is 0.812 bits per heavy atom. The number of para-hydroxylation sites is 2. The summed E-state index contributed by atoms with van der Waals surface area (Å²) < 4.78 is 7.06. The molecule has 0 bridgehead atoms. The number of hydrogen-bond donors (Lipinski definition) is 0. The van der Waals surface area contributed by atoms with Crippen molar-refractivity contribution < 1.29 is 4.42 Å². The number of anilines is 3. The number of fused-ring (bicyclic) bond motifs is 18. The summed E-state index contributed by atoms with van der Waals surface area (Å²) in [4.78, 5) is 2.51. The number of benzene rings is 12. The Morgan fingerprint density at radius 3 is 1.58 bits per heavy atom. The predicted molar refractivity (Wildman–Crippen MR) is 288 cm³/mol. The van der Waals surface area contributed by atoms with Crippen molar-refractivity contribution in [2.45, 2.75) is 5.41 Å². The number of furan rings is 1. The Bertz CT molecular complexity index is 4220. The van der Waals surface area contributed by atoms with Crippen molar-refractivity contribution in [3.63, 3.8) is 0 Å². The van der Waals surface area contributed by atoms with Gasteiger partial charge < -0.3 is 9.32 Å². The second-order valence-electron chi connectivity index (χ2n) is 18.6. The van der Waals surface area contributed by atoms with E-state index in [1.807, 2.05) is 0 Å². The number of hydrogen-bond acceptors (Lipinski definition) is 2. The average molecular weight is 876 g/mol. The first kappa shape index (κ1) is 38.2. The molecule has 69 heavy (non-hydrogen) atoms. The van der Waals surface area contributed by atoms with Gasteiger partial charge in [0.05, 0.1) is 16.8 Å². The molecule has 0 fully saturated rings. The van der Waals surface area contributed by atoms with Gasteiger partial charge in [-0.15, -0.1) is 0 Å². The van der Waals surface area contributed by atoms with Crippen LogP contribution in [0.15, 0.2) is 253 Å². The molecular weight excluding hydrogens is 835 g/mol. The van der Waals surface area contributed by atoms with E-state index in [-0.39, 0.29) is 0 Å². The third-order valence-corrected chi connectivity index (χ3v) is 15.3. The quantitative estimate of drug-likeness (QED) is 0.160. The van der Waals surface area contributed by atoms with Gasteiger partial charge in [-0.1, -0.05) is 212 Å². The highest BCUT2D eigenvalue weighted by molar-refractivity contribution is 6.18. The van der Waals surface area contributed by atoms with Crippen molar-refractivity contribution >= 4 is 71.3 Å². The van der Waals surface area contributed by atoms with Crippen LogP contribution in [0.5, 0.6) is 0 Å². The normalized spacial score (nSPS) is 13.0. The van der Waals surface area contributed by atoms with Gasteiger partial charge in [0.15, 0.2) is 0 Å². The zero-order valence-electron chi connectivity index (χ0n) is 37.5. The fourth-order valence-electron chi connectivity index (χ4n) is 12.4. The molecule has 0 saturated carbocycles. The van der Waals surface area contributed by atoms with E-state index in [1.54, 1.807) is 0 Å². The molecule has 2 nitrogen and oxygen atoms in total. The van der Waals surface area contributed by atoms with Crippen LogP contribution in [0.4, 0.5) is 17.1 Å². The monoisotopic (exact) mass is 875 g/mol. The second kappa shape index (κ2) is 14.5. The third kappa shape index (κ3) is 5.26. The lowest BCUT2D eigenvalue weighted by atomic mass is 9.70. The Balaban J connectivity index is 0.999. The molecule has 320 valence electrons. The molecule has 12 aromatic carbocycles. The van der Waals surface area contributed by atoms with Gasteiger partial charge in [-0.05, 0) is 113 Å². The van der Waals surface area contributed by atoms with Crippen molar-refractivity contribution in [3.8, 4) is 44.5 Å². The lowest BCUT2D eigenvalue weighted by Crippen LogP contribution is -2.26. The maximum Gasteiger partial charge on any atom is 0.143 e. The highest BCUT2D eigenvalue weighted by Crippen LogP contribution is 2.65. The molecule has 1 heterocycles. The van der Waals surface area contributed by atoms with E-state index < -0.39 is 5.41 Å². The molecule has 13 aromatic rings. The predicted octanol–water partition coefficient (Wildman–Crippen LogP) is 18.2. The maximum absolute atomic E-state index is 7.06. The first-order chi connectivity index (χ1) is 34.3. The molecule has 15 rings (SSSR count). The molecule has 0 amide bonds. The number of rotatable bonds is 5. The molecule has 0 saturated heterocycles. The first-order valence-corrected chi connectivity index (χ1v) is 23.9. The van der Waals surface area contributed by atoms with Gasteiger partial charge in [-0.25, -0.2) is 0 Å². The fraction of sp³-hybridized carbons (Fsp3) is 0.0149. The molecule has 2 aliphatic carbocycles. The molecule has 0 radical (unpaired) electrons. The lowest BCUT2D eigenvalue weighted by Gasteiger charge is -2.32. The standard InChI is InChI=1S/C67H41NO/c1-4-20-47-42(17-1)37-40-55-54-28-15-27-53(66(54)69-65(47)55)52-25-10-14-33-62(52)68(45-38-35-43(36-39-45)57-41-44-18-2-3-19-46(44)48-21-5-6-22-49(48)57)63-34-16-32-61-64(63)56-26-9-13-31-60(56)67(61)58-29-11-7-23-50(58)51-24-8-12-30-59(51)67/h1-41H. The van der Waals surface area contributed by atoms with E-state index >= 15 is 0 Å². The van der Waals surface area contributed by atoms with Gasteiger partial charge in [0.1, 0.15) is 11.2 Å². The summed E-state index contributed by atoms with van der Waals surface area (Å²) >= 11 is 0. The minimum absolute atomic E-state index is 0.482. The van der Waals surface area contributed by atoms with E-state index in [0.29, 0.717) is 0 Å². The minimum atomic E-state index is -0.482. The summed E-state index contributed by atoms with van der Waals surface area (Å²) in [6, 6.07) is 91.8. The van der Waals surface area contributed by atoms with Crippen LogP contribution in [0.1, 0.15) is 22.3 Å². The van der Waals surface area contributed by atoms with Crippen LogP contribution < -0.4 is 4.90 Å². The van der Waals surface area contributed by atoms with E-state index in [9.17, 15) is 0 Å². The van der Waals surface area contributed by atoms with Crippen LogP contribution in [0.2, 0.25) is 0 Å². The van der Waals surface area contributed by atoms with Crippen LogP contribution in [0.3, 0.4) is 0 Å². The SMILES string of the molecule is c1ccc(N(c2ccc(-c3cc4ccccc4c4ccccc34)cc2)c2cccc3c2-c2ccccc2C32c3ccccc3-c3ccccc32)c(-c2cccc3c2oc2c4ccccc4ccc32)c1. The summed E-state index contributed by atoms with van der Waals surface area (Å²) in [5.41, 5.74) is 19.5. The topological polar surface area (TPSA) is 16.4 Å². The molecule has 1 aromatic heterocycles. The highest BCUT2D eigenvalue weighted by Gasteiger charge is 2.52. The Hall–Kier alpha value is -8.98. The van der Waals surface area contributed by atoms with Gasteiger partial charge in [0.2, 0.25) is 0 Å². The zero-order valence-corrected chi connectivity index (χ0v) is 37.5. The third-order valence-electron chi connectivity index (χ3n) is 15.3. The smallest absolute Gasteiger partial charge is 0.143 e. The van der Waals surface area contributed by atoms with E-state index in [2.05, 4.69) is 254 Å². The first-order valence-electron chi connectivity index (χ1n) is 23.9. The van der Waals surface area contributed by atoms with Crippen molar-refractivity contribution in [3.05, 3.63) is 271 Å². The summed E-state index contributed by atoms with van der Waals surface area (Å²) in [7, 11) is 0. The fourth-order valence-corrected chi connectivity index (χ4v) is 12.4. The summed E-state index contributed by atoms with van der Waals surface area (Å²) in [5.74, 6) is 0. The minimum Gasteiger partial charge on any atom is -0.455 e. The zero-order chi connectivity index (χ0) is 45.2. The second-order valence-corrected chi connectivity index (χ2v) is 18.6. The maximum atomic E-state index is 7.06. The van der Waals surface area contributed by atoms with Crippen molar-refractivity contribution in [1.29, 1.82) is 0 Å².